The minimum absolute atomic E-state index is 0.0678. The largest absolute Gasteiger partial charge is 0.331 e. The molecule has 6 heteroatoms. The van der Waals surface area contributed by atoms with Gasteiger partial charge in [-0.05, 0) is 24.3 Å². The molecular weight excluding hydrogens is 290 g/mol. The molecule has 1 fully saturated rings. The molecule has 0 bridgehead atoms. The number of aryl methyl sites for hydroxylation is 1. The SMILES string of the molecule is Cn1cnnc1CNC(=O)N[C@H](c1ccccc1)C1CCCC1. The van der Waals surface area contributed by atoms with Crippen molar-refractivity contribution in [2.24, 2.45) is 13.0 Å². The van der Waals surface area contributed by atoms with Gasteiger partial charge in [0.25, 0.3) is 0 Å². The first-order valence-electron chi connectivity index (χ1n) is 8.16. The fraction of sp³-hybridized carbons (Fsp3) is 0.471. The third-order valence-corrected chi connectivity index (χ3v) is 4.53. The second-order valence-corrected chi connectivity index (χ2v) is 6.12. The van der Waals surface area contributed by atoms with Crippen LogP contribution in [0.4, 0.5) is 4.79 Å². The Morgan fingerprint density at radius 1 is 1.30 bits per heavy atom. The lowest BCUT2D eigenvalue weighted by molar-refractivity contribution is 0.230. The van der Waals surface area contributed by atoms with Crippen LogP contribution in [0.25, 0.3) is 0 Å². The lowest BCUT2D eigenvalue weighted by atomic mass is 9.92. The van der Waals surface area contributed by atoms with Crippen molar-refractivity contribution in [1.82, 2.24) is 25.4 Å². The molecule has 0 unspecified atom stereocenters. The van der Waals surface area contributed by atoms with Crippen molar-refractivity contribution in [1.29, 1.82) is 0 Å². The summed E-state index contributed by atoms with van der Waals surface area (Å²) in [6.45, 7) is 0.370. The first kappa shape index (κ1) is 15.5. The number of benzene rings is 1. The van der Waals surface area contributed by atoms with Gasteiger partial charge in [0, 0.05) is 7.05 Å². The number of amides is 2. The molecule has 1 aliphatic rings. The summed E-state index contributed by atoms with van der Waals surface area (Å²) in [7, 11) is 1.86. The number of urea groups is 1. The van der Waals surface area contributed by atoms with Crippen LogP contribution in [0.15, 0.2) is 36.7 Å². The number of rotatable bonds is 5. The van der Waals surface area contributed by atoms with Gasteiger partial charge < -0.3 is 15.2 Å². The Morgan fingerprint density at radius 3 is 2.70 bits per heavy atom. The van der Waals surface area contributed by atoms with E-state index in [1.54, 1.807) is 10.9 Å². The van der Waals surface area contributed by atoms with Crippen LogP contribution in [0.1, 0.15) is 43.1 Å². The summed E-state index contributed by atoms with van der Waals surface area (Å²) in [4.78, 5) is 12.3. The zero-order valence-corrected chi connectivity index (χ0v) is 13.4. The van der Waals surface area contributed by atoms with Crippen LogP contribution in [0, 0.1) is 5.92 Å². The fourth-order valence-corrected chi connectivity index (χ4v) is 3.24. The van der Waals surface area contributed by atoms with Gasteiger partial charge in [-0.3, -0.25) is 0 Å². The molecule has 1 aromatic heterocycles. The summed E-state index contributed by atoms with van der Waals surface area (Å²) in [6.07, 6.45) is 6.46. The van der Waals surface area contributed by atoms with Crippen LogP contribution in [-0.4, -0.2) is 20.8 Å². The number of carbonyl (C=O) groups excluding carboxylic acids is 1. The molecule has 0 spiro atoms. The van der Waals surface area contributed by atoms with Crippen LogP contribution < -0.4 is 10.6 Å². The zero-order chi connectivity index (χ0) is 16.1. The summed E-state index contributed by atoms with van der Waals surface area (Å²) in [5.41, 5.74) is 1.17. The molecule has 1 aromatic carbocycles. The Bertz CT molecular complexity index is 633. The van der Waals surface area contributed by atoms with Crippen molar-refractivity contribution in [2.75, 3.05) is 0 Å². The predicted molar refractivity (Wildman–Crippen MR) is 87.5 cm³/mol. The molecule has 1 saturated carbocycles. The molecule has 0 aliphatic heterocycles. The smallest absolute Gasteiger partial charge is 0.315 e. The first-order valence-corrected chi connectivity index (χ1v) is 8.16. The molecule has 0 saturated heterocycles. The van der Waals surface area contributed by atoms with Crippen molar-refractivity contribution >= 4 is 6.03 Å². The lowest BCUT2D eigenvalue weighted by Gasteiger charge is -2.25. The highest BCUT2D eigenvalue weighted by Gasteiger charge is 2.27. The molecule has 2 amide bonds. The average molecular weight is 313 g/mol. The molecular formula is C17H23N5O. The van der Waals surface area contributed by atoms with Crippen LogP contribution >= 0.6 is 0 Å². The molecule has 23 heavy (non-hydrogen) atoms. The molecule has 1 aliphatic carbocycles. The number of nitrogens with zero attached hydrogens (tertiary/aromatic N) is 3. The van der Waals surface area contributed by atoms with Crippen LogP contribution in [0.5, 0.6) is 0 Å². The molecule has 122 valence electrons. The van der Waals surface area contributed by atoms with Crippen LogP contribution in [0.3, 0.4) is 0 Å². The van der Waals surface area contributed by atoms with Crippen molar-refractivity contribution < 1.29 is 4.79 Å². The van der Waals surface area contributed by atoms with E-state index in [-0.39, 0.29) is 12.1 Å². The van der Waals surface area contributed by atoms with E-state index in [2.05, 4.69) is 33.0 Å². The predicted octanol–water partition coefficient (Wildman–Crippen LogP) is 2.55. The van der Waals surface area contributed by atoms with E-state index in [1.807, 2.05) is 25.2 Å². The van der Waals surface area contributed by atoms with Gasteiger partial charge in [0.1, 0.15) is 6.33 Å². The molecule has 2 N–H and O–H groups in total. The van der Waals surface area contributed by atoms with Gasteiger partial charge in [0.2, 0.25) is 0 Å². The summed E-state index contributed by atoms with van der Waals surface area (Å²) in [6, 6.07) is 10.1. The van der Waals surface area contributed by atoms with Crippen LogP contribution in [-0.2, 0) is 13.6 Å². The topological polar surface area (TPSA) is 71.8 Å². The molecule has 2 aromatic rings. The summed E-state index contributed by atoms with van der Waals surface area (Å²) >= 11 is 0. The number of hydrogen-bond donors (Lipinski definition) is 2. The Kier molecular flexibility index (Phi) is 4.90. The number of nitrogens with one attached hydrogen (secondary N) is 2. The quantitative estimate of drug-likeness (QED) is 0.891. The van der Waals surface area contributed by atoms with Crippen molar-refractivity contribution in [3.8, 4) is 0 Å². The maximum atomic E-state index is 12.3. The van der Waals surface area contributed by atoms with E-state index >= 15 is 0 Å². The normalized spacial score (nSPS) is 16.2. The average Bonchev–Trinajstić information content (AvgIpc) is 3.23. The van der Waals surface area contributed by atoms with Crippen molar-refractivity contribution in [3.63, 3.8) is 0 Å². The van der Waals surface area contributed by atoms with Gasteiger partial charge in [0.15, 0.2) is 5.82 Å². The first-order chi connectivity index (χ1) is 11.2. The Morgan fingerprint density at radius 2 is 2.04 bits per heavy atom. The third-order valence-electron chi connectivity index (χ3n) is 4.53. The van der Waals surface area contributed by atoms with Gasteiger partial charge in [-0.2, -0.15) is 0 Å². The van der Waals surface area contributed by atoms with E-state index in [1.165, 1.54) is 31.2 Å². The minimum atomic E-state index is -0.159. The standard InChI is InChI=1S/C17H23N5O/c1-22-12-19-21-15(22)11-18-17(23)20-16(14-9-5-6-10-14)13-7-3-2-4-8-13/h2-4,7-8,12,14,16H,5-6,9-11H2,1H3,(H2,18,20,23)/t16-/m1/s1. The van der Waals surface area contributed by atoms with Gasteiger partial charge in [-0.15, -0.1) is 10.2 Å². The molecule has 1 heterocycles. The van der Waals surface area contributed by atoms with E-state index in [0.29, 0.717) is 12.5 Å². The number of carbonyl (C=O) groups is 1. The van der Waals surface area contributed by atoms with Gasteiger partial charge in [-0.25, -0.2) is 4.79 Å². The fourth-order valence-electron chi connectivity index (χ4n) is 3.24. The Labute approximate surface area is 136 Å². The molecule has 6 nitrogen and oxygen atoms in total. The van der Waals surface area contributed by atoms with Crippen LogP contribution in [0.2, 0.25) is 0 Å². The van der Waals surface area contributed by atoms with E-state index in [0.717, 1.165) is 5.82 Å². The minimum Gasteiger partial charge on any atom is -0.331 e. The molecule has 0 radical (unpaired) electrons. The number of hydrogen-bond acceptors (Lipinski definition) is 3. The van der Waals surface area contributed by atoms with E-state index in [9.17, 15) is 4.79 Å². The second-order valence-electron chi connectivity index (χ2n) is 6.12. The maximum Gasteiger partial charge on any atom is 0.315 e. The van der Waals surface area contributed by atoms with Crippen molar-refractivity contribution in [3.05, 3.63) is 48.0 Å². The highest BCUT2D eigenvalue weighted by Crippen LogP contribution is 2.35. The zero-order valence-electron chi connectivity index (χ0n) is 13.4. The second kappa shape index (κ2) is 7.26. The number of aromatic nitrogens is 3. The summed E-state index contributed by atoms with van der Waals surface area (Å²) in [5.74, 6) is 1.25. The van der Waals surface area contributed by atoms with Gasteiger partial charge >= 0.3 is 6.03 Å². The monoisotopic (exact) mass is 313 g/mol. The maximum absolute atomic E-state index is 12.3. The summed E-state index contributed by atoms with van der Waals surface area (Å²) in [5, 5.41) is 13.8. The highest BCUT2D eigenvalue weighted by atomic mass is 16.2. The van der Waals surface area contributed by atoms with E-state index < -0.39 is 0 Å². The Balaban J connectivity index is 1.63. The van der Waals surface area contributed by atoms with Crippen molar-refractivity contribution in [2.45, 2.75) is 38.3 Å². The van der Waals surface area contributed by atoms with E-state index in [4.69, 9.17) is 0 Å². The third kappa shape index (κ3) is 3.88. The highest BCUT2D eigenvalue weighted by molar-refractivity contribution is 5.74. The molecule has 1 atom stereocenters. The Hall–Kier alpha value is -2.37. The van der Waals surface area contributed by atoms with Gasteiger partial charge in [0.05, 0.1) is 12.6 Å². The van der Waals surface area contributed by atoms with Gasteiger partial charge in [-0.1, -0.05) is 43.2 Å². The lowest BCUT2D eigenvalue weighted by Crippen LogP contribution is -2.40. The molecule has 3 rings (SSSR count). The summed E-state index contributed by atoms with van der Waals surface area (Å²) < 4.78 is 1.80.